The summed E-state index contributed by atoms with van der Waals surface area (Å²) in [5, 5.41) is 2.70. The van der Waals surface area contributed by atoms with Crippen molar-refractivity contribution >= 4 is 23.5 Å². The predicted molar refractivity (Wildman–Crippen MR) is 96.4 cm³/mol. The fraction of sp³-hybridized carbons (Fsp3) is 0.263. The number of hydrogen-bond donors (Lipinski definition) is 2. The van der Waals surface area contributed by atoms with Crippen molar-refractivity contribution < 1.29 is 32.8 Å². The van der Waals surface area contributed by atoms with Crippen LogP contribution in [0.25, 0.3) is 0 Å². The summed E-state index contributed by atoms with van der Waals surface area (Å²) in [5.41, 5.74) is -2.88. The molecule has 28 heavy (non-hydrogen) atoms. The van der Waals surface area contributed by atoms with Crippen molar-refractivity contribution in [3.8, 4) is 0 Å². The predicted octanol–water partition coefficient (Wildman–Crippen LogP) is 2.66. The molecule has 0 spiro atoms. The number of alkyl halides is 3. The van der Waals surface area contributed by atoms with Crippen LogP contribution >= 0.6 is 11.6 Å². The van der Waals surface area contributed by atoms with Gasteiger partial charge in [-0.2, -0.15) is 13.2 Å². The Morgan fingerprint density at radius 2 is 1.79 bits per heavy atom. The molecule has 0 aliphatic carbocycles. The van der Waals surface area contributed by atoms with Crippen molar-refractivity contribution in [3.05, 3.63) is 70.7 Å². The number of carbonyl (C=O) groups excluding carboxylic acids is 2. The van der Waals surface area contributed by atoms with E-state index in [0.717, 1.165) is 0 Å². The van der Waals surface area contributed by atoms with Crippen molar-refractivity contribution in [3.63, 3.8) is 0 Å². The molecule has 3 N–H and O–H groups in total. The Kier molecular flexibility index (Phi) is 7.04. The second-order valence-corrected chi connectivity index (χ2v) is 6.32. The molecule has 0 aromatic heterocycles. The summed E-state index contributed by atoms with van der Waals surface area (Å²) in [6, 6.07) is 13.7. The average molecular weight is 416 g/mol. The van der Waals surface area contributed by atoms with Gasteiger partial charge in [0.05, 0.1) is 6.61 Å². The number of halogens is 4. The van der Waals surface area contributed by atoms with Crippen molar-refractivity contribution in [1.29, 1.82) is 0 Å². The van der Waals surface area contributed by atoms with Gasteiger partial charge < -0.3 is 10.1 Å². The monoisotopic (exact) mass is 415 g/mol. The highest BCUT2D eigenvalue weighted by atomic mass is 35.5. The number of quaternary nitrogens is 1. The maximum absolute atomic E-state index is 14.0. The van der Waals surface area contributed by atoms with Crippen molar-refractivity contribution in [2.45, 2.75) is 25.3 Å². The van der Waals surface area contributed by atoms with E-state index in [-0.39, 0.29) is 23.7 Å². The number of ether oxygens (including phenoxy) is 1. The summed E-state index contributed by atoms with van der Waals surface area (Å²) < 4.78 is 46.8. The van der Waals surface area contributed by atoms with Gasteiger partial charge in [-0.1, -0.05) is 48.0 Å². The fourth-order valence-corrected chi connectivity index (χ4v) is 2.69. The molecular formula is C19H19ClF3N2O3+. The molecule has 1 atom stereocenters. The summed E-state index contributed by atoms with van der Waals surface area (Å²) in [5.74, 6) is -2.70. The van der Waals surface area contributed by atoms with Crippen LogP contribution < -0.4 is 10.6 Å². The van der Waals surface area contributed by atoms with Crippen LogP contribution in [0.15, 0.2) is 54.6 Å². The zero-order chi connectivity index (χ0) is 20.8. The van der Waals surface area contributed by atoms with Crippen LogP contribution in [0.4, 0.5) is 13.2 Å². The van der Waals surface area contributed by atoms with Gasteiger partial charge >= 0.3 is 17.8 Å². The molecule has 0 aliphatic rings. The minimum absolute atomic E-state index is 0.112. The fourth-order valence-electron chi connectivity index (χ4n) is 2.50. The number of nitrogens with one attached hydrogen (secondary N) is 1. The van der Waals surface area contributed by atoms with E-state index in [0.29, 0.717) is 10.9 Å². The molecule has 0 fully saturated rings. The lowest BCUT2D eigenvalue weighted by Gasteiger charge is -2.31. The number of esters is 1. The zero-order valence-corrected chi connectivity index (χ0v) is 15.7. The molecule has 2 rings (SSSR count). The first-order valence-corrected chi connectivity index (χ1v) is 8.77. The van der Waals surface area contributed by atoms with Gasteiger partial charge in [-0.15, -0.1) is 0 Å². The Balaban J connectivity index is 2.40. The summed E-state index contributed by atoms with van der Waals surface area (Å²) >= 11 is 5.80. The van der Waals surface area contributed by atoms with Gasteiger partial charge in [0.15, 0.2) is 0 Å². The standard InChI is InChI=1S/C19H18ClF3N2O3/c1-2-28-17(27)18(19(21,22)23,24-12-13-7-4-3-5-8-13)25-16(26)14-9-6-10-15(20)11-14/h3-11,24H,2,12H2,1H3,(H,25,26)/p+1/t18-/m0/s1. The van der Waals surface area contributed by atoms with Gasteiger partial charge in [0.25, 0.3) is 5.91 Å². The maximum atomic E-state index is 14.0. The van der Waals surface area contributed by atoms with Crippen LogP contribution in [0.5, 0.6) is 0 Å². The van der Waals surface area contributed by atoms with E-state index in [1.165, 1.54) is 31.2 Å². The highest BCUT2D eigenvalue weighted by molar-refractivity contribution is 6.31. The Hall–Kier alpha value is -2.58. The molecule has 0 heterocycles. The molecule has 0 saturated carbocycles. The molecule has 0 aliphatic heterocycles. The first-order valence-electron chi connectivity index (χ1n) is 8.40. The van der Waals surface area contributed by atoms with Crippen molar-refractivity contribution in [2.75, 3.05) is 6.61 Å². The molecule has 1 amide bonds. The highest BCUT2D eigenvalue weighted by Crippen LogP contribution is 2.27. The van der Waals surface area contributed by atoms with Gasteiger partial charge in [0.1, 0.15) is 6.54 Å². The summed E-state index contributed by atoms with van der Waals surface area (Å²) in [6.45, 7) is 0.896. The lowest BCUT2D eigenvalue weighted by molar-refractivity contribution is -0.757. The topological polar surface area (TPSA) is 72.0 Å². The Bertz CT molecular complexity index is 831. The SMILES string of the molecule is CCOC(=O)[C@@](NC(=O)c1cccc(Cl)c1)([NH2+]Cc1ccccc1)C(F)(F)F. The third-order valence-corrected chi connectivity index (χ3v) is 4.16. The molecule has 2 aromatic carbocycles. The van der Waals surface area contributed by atoms with Crippen molar-refractivity contribution in [1.82, 2.24) is 5.32 Å². The van der Waals surface area contributed by atoms with E-state index >= 15 is 0 Å². The number of carbonyl (C=O) groups is 2. The number of nitrogens with two attached hydrogens (primary N) is 1. The summed E-state index contributed by atoms with van der Waals surface area (Å²) in [7, 11) is 0. The molecule has 2 aromatic rings. The van der Waals surface area contributed by atoms with Gasteiger partial charge in [-0.05, 0) is 25.1 Å². The Labute approximate surface area is 164 Å². The largest absolute Gasteiger partial charge is 0.478 e. The number of benzene rings is 2. The molecule has 9 heteroatoms. The molecule has 0 unspecified atom stereocenters. The Morgan fingerprint density at radius 3 is 2.36 bits per heavy atom. The van der Waals surface area contributed by atoms with Crippen LogP contribution in [0.3, 0.4) is 0 Å². The minimum Gasteiger partial charge on any atom is -0.460 e. The maximum Gasteiger partial charge on any atom is 0.478 e. The van der Waals surface area contributed by atoms with Crippen LogP contribution in [0.2, 0.25) is 5.02 Å². The first-order chi connectivity index (χ1) is 13.2. The Morgan fingerprint density at radius 1 is 1.11 bits per heavy atom. The molecule has 5 nitrogen and oxygen atoms in total. The van der Waals surface area contributed by atoms with Gasteiger partial charge in [-0.3, -0.25) is 10.1 Å². The number of rotatable bonds is 7. The lowest BCUT2D eigenvalue weighted by Crippen LogP contribution is -3.06. The van der Waals surface area contributed by atoms with Gasteiger partial charge in [0.2, 0.25) is 0 Å². The molecular weight excluding hydrogens is 397 g/mol. The normalized spacial score (nSPS) is 13.5. The van der Waals surface area contributed by atoms with E-state index in [2.05, 4.69) is 4.74 Å². The molecule has 0 saturated heterocycles. The summed E-state index contributed by atoms with van der Waals surface area (Å²) in [4.78, 5) is 24.8. The molecule has 150 valence electrons. The molecule has 0 radical (unpaired) electrons. The van der Waals surface area contributed by atoms with Gasteiger partial charge in [0, 0.05) is 16.1 Å². The van der Waals surface area contributed by atoms with Crippen LogP contribution in [0.1, 0.15) is 22.8 Å². The number of amides is 1. The van der Waals surface area contributed by atoms with E-state index in [4.69, 9.17) is 11.6 Å². The smallest absolute Gasteiger partial charge is 0.460 e. The minimum atomic E-state index is -5.12. The molecule has 0 bridgehead atoms. The second-order valence-electron chi connectivity index (χ2n) is 5.88. The van der Waals surface area contributed by atoms with Crippen LogP contribution in [-0.4, -0.2) is 30.3 Å². The quantitative estimate of drug-likeness (QED) is 0.539. The third-order valence-electron chi connectivity index (χ3n) is 3.93. The highest BCUT2D eigenvalue weighted by Gasteiger charge is 2.67. The van der Waals surface area contributed by atoms with E-state index in [1.807, 2.05) is 5.32 Å². The van der Waals surface area contributed by atoms with Crippen LogP contribution in [-0.2, 0) is 16.1 Å². The van der Waals surface area contributed by atoms with Gasteiger partial charge in [-0.25, -0.2) is 4.79 Å². The van der Waals surface area contributed by atoms with E-state index in [9.17, 15) is 22.8 Å². The second kappa shape index (κ2) is 9.07. The first kappa shape index (κ1) is 21.7. The van der Waals surface area contributed by atoms with Crippen LogP contribution in [0, 0.1) is 0 Å². The summed E-state index contributed by atoms with van der Waals surface area (Å²) in [6.07, 6.45) is -5.12. The average Bonchev–Trinajstić information content (AvgIpc) is 2.65. The third kappa shape index (κ3) is 5.02. The van der Waals surface area contributed by atoms with E-state index in [1.54, 1.807) is 30.3 Å². The zero-order valence-electron chi connectivity index (χ0n) is 14.9. The lowest BCUT2D eigenvalue weighted by atomic mass is 10.1. The van der Waals surface area contributed by atoms with E-state index < -0.39 is 23.7 Å². The number of hydrogen-bond acceptors (Lipinski definition) is 3. The van der Waals surface area contributed by atoms with Crippen molar-refractivity contribution in [2.24, 2.45) is 0 Å².